The fourth-order valence-electron chi connectivity index (χ4n) is 7.01. The zero-order valence-corrected chi connectivity index (χ0v) is 24.9. The third-order valence-electron chi connectivity index (χ3n) is 8.87. The van der Waals surface area contributed by atoms with Gasteiger partial charge in [-0.3, -0.25) is 24.3 Å². The Bertz CT molecular complexity index is 1430. The fraction of sp³-hybridized carbons (Fsp3) is 0.455. The van der Waals surface area contributed by atoms with Crippen molar-refractivity contribution in [1.29, 1.82) is 0 Å². The average molecular weight is 602 g/mol. The summed E-state index contributed by atoms with van der Waals surface area (Å²) in [6, 6.07) is 12.7. The molecule has 44 heavy (non-hydrogen) atoms. The van der Waals surface area contributed by atoms with Crippen molar-refractivity contribution < 1.29 is 39.0 Å². The number of aliphatic carboxylic acids is 1. The average Bonchev–Trinajstić information content (AvgIpc) is 3.23. The standard InChI is InChI=1S/C33H39BN2O8/c1-43-20-23-18-25-31(33(41)36(32(25)40)15-6-2-3-11-29(38)39)26-19-34(42)44-28(30(23)26)13-12-22(27-10-4-5-14-35-27)16-21-8-7-9-24(37)17-21/h4-5,7-10,14,16-17,25-26,28,31,37,42H,2-3,6,11-13,15,18-20H2,1H3,(H,38,39)/b22-16-/t25-,26+,28-,31-/m1/s1. The summed E-state index contributed by atoms with van der Waals surface area (Å²) in [5.74, 6) is -2.55. The largest absolute Gasteiger partial charge is 0.508 e. The summed E-state index contributed by atoms with van der Waals surface area (Å²) in [4.78, 5) is 44.0. The summed E-state index contributed by atoms with van der Waals surface area (Å²) >= 11 is 0. The third-order valence-corrected chi connectivity index (χ3v) is 8.87. The first-order valence-corrected chi connectivity index (χ1v) is 15.3. The molecule has 2 fully saturated rings. The van der Waals surface area contributed by atoms with E-state index < -0.39 is 31.0 Å². The van der Waals surface area contributed by atoms with Crippen molar-refractivity contribution >= 4 is 36.6 Å². The SMILES string of the molecule is COCC1=C2[C@@H](CC/C(=C/c3cccc(O)c3)c3ccccn3)OB(O)C[C@@H]2[C@@H]2C(=O)N(CCCCCC(=O)O)C(=O)[C@@H]2C1. The van der Waals surface area contributed by atoms with E-state index in [1.54, 1.807) is 31.5 Å². The minimum atomic E-state index is -1.09. The number of fused-ring (bicyclic) bond motifs is 3. The van der Waals surface area contributed by atoms with E-state index in [1.807, 2.05) is 30.3 Å². The van der Waals surface area contributed by atoms with Gasteiger partial charge in [-0.25, -0.2) is 0 Å². The van der Waals surface area contributed by atoms with E-state index in [1.165, 1.54) is 4.90 Å². The summed E-state index contributed by atoms with van der Waals surface area (Å²) in [5.41, 5.74) is 4.43. The molecule has 1 aromatic heterocycles. The molecule has 3 N–H and O–H groups in total. The number of aromatic hydroxyl groups is 1. The molecule has 11 heteroatoms. The van der Waals surface area contributed by atoms with Gasteiger partial charge in [-0.05, 0) is 97.0 Å². The second kappa shape index (κ2) is 14.3. The van der Waals surface area contributed by atoms with Gasteiger partial charge in [0.25, 0.3) is 0 Å². The van der Waals surface area contributed by atoms with E-state index in [-0.39, 0.29) is 42.8 Å². The third kappa shape index (κ3) is 7.12. The van der Waals surface area contributed by atoms with Crippen LogP contribution in [0.15, 0.2) is 59.8 Å². The van der Waals surface area contributed by atoms with Crippen molar-refractivity contribution in [2.45, 2.75) is 57.4 Å². The smallest absolute Gasteiger partial charge is 0.455 e. The Balaban J connectivity index is 1.38. The maximum Gasteiger partial charge on any atom is 0.455 e. The Morgan fingerprint density at radius 3 is 2.68 bits per heavy atom. The molecule has 232 valence electrons. The first-order valence-electron chi connectivity index (χ1n) is 15.3. The van der Waals surface area contributed by atoms with Crippen LogP contribution in [0.4, 0.5) is 0 Å². The topological polar surface area (TPSA) is 146 Å². The lowest BCUT2D eigenvalue weighted by Crippen LogP contribution is -2.46. The maximum absolute atomic E-state index is 13.7. The number of carboxylic acids is 1. The number of carbonyl (C=O) groups excluding carboxylic acids is 2. The van der Waals surface area contributed by atoms with Crippen LogP contribution >= 0.6 is 0 Å². The molecule has 10 nitrogen and oxygen atoms in total. The van der Waals surface area contributed by atoms with Crippen molar-refractivity contribution in [2.75, 3.05) is 20.3 Å². The lowest BCUT2D eigenvalue weighted by molar-refractivity contribution is -0.141. The van der Waals surface area contributed by atoms with E-state index in [0.29, 0.717) is 45.1 Å². The van der Waals surface area contributed by atoms with E-state index in [2.05, 4.69) is 4.98 Å². The van der Waals surface area contributed by atoms with Crippen LogP contribution in [0.1, 0.15) is 56.2 Å². The molecule has 5 rings (SSSR count). The quantitative estimate of drug-likeness (QED) is 0.133. The first-order chi connectivity index (χ1) is 21.3. The molecule has 1 aliphatic carbocycles. The van der Waals surface area contributed by atoms with Crippen LogP contribution in [0, 0.1) is 17.8 Å². The Labute approximate surface area is 257 Å². The monoisotopic (exact) mass is 602 g/mol. The summed E-state index contributed by atoms with van der Waals surface area (Å²) in [7, 11) is 0.516. The second-order valence-electron chi connectivity index (χ2n) is 11.8. The number of benzene rings is 1. The number of phenolic OH excluding ortho intramolecular Hbond substituents is 1. The van der Waals surface area contributed by atoms with Gasteiger partial charge in [0.1, 0.15) is 5.75 Å². The molecular formula is C33H39BN2O8. The van der Waals surface area contributed by atoms with Crippen LogP contribution in [-0.4, -0.2) is 76.4 Å². The maximum atomic E-state index is 13.7. The Kier molecular flexibility index (Phi) is 10.3. The number of imide groups is 1. The molecule has 3 heterocycles. The number of rotatable bonds is 13. The molecule has 2 aliphatic heterocycles. The highest BCUT2D eigenvalue weighted by molar-refractivity contribution is 6.43. The van der Waals surface area contributed by atoms with Crippen LogP contribution in [0.25, 0.3) is 11.6 Å². The highest BCUT2D eigenvalue weighted by Crippen LogP contribution is 2.50. The van der Waals surface area contributed by atoms with Gasteiger partial charge in [0.15, 0.2) is 0 Å². The minimum Gasteiger partial charge on any atom is -0.508 e. The molecule has 2 aromatic rings. The number of allylic oxidation sites excluding steroid dienone is 1. The van der Waals surface area contributed by atoms with E-state index in [9.17, 15) is 24.5 Å². The normalized spacial score (nSPS) is 23.6. The molecule has 2 saturated heterocycles. The van der Waals surface area contributed by atoms with Gasteiger partial charge in [-0.15, -0.1) is 0 Å². The zero-order valence-electron chi connectivity index (χ0n) is 24.9. The second-order valence-corrected chi connectivity index (χ2v) is 11.8. The van der Waals surface area contributed by atoms with Crippen LogP contribution in [0.3, 0.4) is 0 Å². The number of likely N-dealkylation sites (tertiary alicyclic amines) is 1. The summed E-state index contributed by atoms with van der Waals surface area (Å²) in [5, 5.41) is 29.8. The van der Waals surface area contributed by atoms with Gasteiger partial charge < -0.3 is 24.6 Å². The number of phenols is 1. The summed E-state index contributed by atoms with van der Waals surface area (Å²) < 4.78 is 11.7. The number of carbonyl (C=O) groups is 3. The molecule has 0 radical (unpaired) electrons. The number of amides is 2. The molecule has 0 saturated carbocycles. The Hall–Kier alpha value is -3.80. The van der Waals surface area contributed by atoms with E-state index >= 15 is 0 Å². The van der Waals surface area contributed by atoms with E-state index in [4.69, 9.17) is 14.5 Å². The van der Waals surface area contributed by atoms with Gasteiger partial charge in [0.2, 0.25) is 11.8 Å². The Morgan fingerprint density at radius 1 is 1.11 bits per heavy atom. The summed E-state index contributed by atoms with van der Waals surface area (Å²) in [6.07, 6.45) is 6.61. The van der Waals surface area contributed by atoms with Gasteiger partial charge >= 0.3 is 13.1 Å². The lowest BCUT2D eigenvalue weighted by Gasteiger charge is -2.43. The first kappa shape index (κ1) is 31.6. The highest BCUT2D eigenvalue weighted by Gasteiger charge is 2.57. The molecule has 0 spiro atoms. The van der Waals surface area contributed by atoms with E-state index in [0.717, 1.165) is 28.0 Å². The van der Waals surface area contributed by atoms with Crippen LogP contribution < -0.4 is 0 Å². The highest BCUT2D eigenvalue weighted by atomic mass is 16.5. The van der Waals surface area contributed by atoms with Gasteiger partial charge in [-0.2, -0.15) is 0 Å². The van der Waals surface area contributed by atoms with Crippen molar-refractivity contribution in [3.05, 3.63) is 71.1 Å². The van der Waals surface area contributed by atoms with Crippen molar-refractivity contribution in [3.63, 3.8) is 0 Å². The minimum absolute atomic E-state index is 0.0627. The number of nitrogens with zero attached hydrogens (tertiary/aromatic N) is 2. The predicted molar refractivity (Wildman–Crippen MR) is 164 cm³/mol. The lowest BCUT2D eigenvalue weighted by atomic mass is 9.58. The van der Waals surface area contributed by atoms with Crippen molar-refractivity contribution in [1.82, 2.24) is 9.88 Å². The molecule has 3 aliphatic rings. The number of carboxylic acid groups (broad SMARTS) is 1. The Morgan fingerprint density at radius 2 is 1.95 bits per heavy atom. The zero-order chi connectivity index (χ0) is 31.2. The molecule has 0 unspecified atom stereocenters. The number of hydrogen-bond donors (Lipinski definition) is 3. The molecular weight excluding hydrogens is 563 g/mol. The number of hydrogen-bond acceptors (Lipinski definition) is 8. The number of pyridine rings is 1. The predicted octanol–water partition coefficient (Wildman–Crippen LogP) is 4.20. The van der Waals surface area contributed by atoms with Crippen molar-refractivity contribution in [2.24, 2.45) is 17.8 Å². The van der Waals surface area contributed by atoms with Crippen LogP contribution in [0.5, 0.6) is 5.75 Å². The number of unbranched alkanes of at least 4 members (excludes halogenated alkanes) is 2. The van der Waals surface area contributed by atoms with Crippen molar-refractivity contribution in [3.8, 4) is 5.75 Å². The fourth-order valence-corrected chi connectivity index (χ4v) is 7.01. The molecule has 2 amide bonds. The van der Waals surface area contributed by atoms with Crippen LogP contribution in [-0.2, 0) is 23.8 Å². The number of aromatic nitrogens is 1. The molecule has 4 atom stereocenters. The molecule has 0 bridgehead atoms. The van der Waals surface area contributed by atoms with Gasteiger partial charge in [0.05, 0.1) is 30.2 Å². The number of methoxy groups -OCH3 is 1. The van der Waals surface area contributed by atoms with Crippen LogP contribution in [0.2, 0.25) is 6.32 Å². The summed E-state index contributed by atoms with van der Waals surface area (Å²) in [6.45, 7) is 0.565. The van der Waals surface area contributed by atoms with Gasteiger partial charge in [-0.1, -0.05) is 24.6 Å². The van der Waals surface area contributed by atoms with Gasteiger partial charge in [0, 0.05) is 26.3 Å². The number of ether oxygens (including phenoxy) is 1. The molecule has 1 aromatic carbocycles.